The maximum absolute atomic E-state index is 12.4. The van der Waals surface area contributed by atoms with Crippen LogP contribution in [0, 0.1) is 0 Å². The molecule has 0 aromatic heterocycles. The van der Waals surface area contributed by atoms with Gasteiger partial charge in [-0.25, -0.2) is 0 Å². The van der Waals surface area contributed by atoms with Gasteiger partial charge < -0.3 is 9.47 Å². The van der Waals surface area contributed by atoms with Crippen molar-refractivity contribution in [2.75, 3.05) is 14.2 Å². The van der Waals surface area contributed by atoms with Crippen molar-refractivity contribution in [3.63, 3.8) is 0 Å². The summed E-state index contributed by atoms with van der Waals surface area (Å²) >= 11 is 0. The van der Waals surface area contributed by atoms with Gasteiger partial charge in [0.05, 0.1) is 19.8 Å². The van der Waals surface area contributed by atoms with E-state index in [1.54, 1.807) is 44.6 Å². The number of methoxy groups -OCH3 is 2. The lowest BCUT2D eigenvalue weighted by Gasteiger charge is -2.07. The zero-order chi connectivity index (χ0) is 15.9. The van der Waals surface area contributed by atoms with Crippen LogP contribution in [0.4, 0.5) is 0 Å². The first kappa shape index (κ1) is 15.8. The standard InChI is InChI=1S/C19H20O3/c1-4-14-5-7-15(8-6-14)9-11-18(20)17-13-16(21-2)10-12-19(17)22-3/h5-13H,4H2,1-3H3. The van der Waals surface area contributed by atoms with Gasteiger partial charge in [-0.2, -0.15) is 0 Å². The van der Waals surface area contributed by atoms with Gasteiger partial charge in [0, 0.05) is 0 Å². The zero-order valence-corrected chi connectivity index (χ0v) is 13.1. The molecule has 0 spiro atoms. The summed E-state index contributed by atoms with van der Waals surface area (Å²) in [5.41, 5.74) is 2.76. The third kappa shape index (κ3) is 3.76. The molecule has 0 saturated carbocycles. The minimum atomic E-state index is -0.115. The monoisotopic (exact) mass is 296 g/mol. The molecule has 0 amide bonds. The summed E-state index contributed by atoms with van der Waals surface area (Å²) in [6.45, 7) is 2.11. The highest BCUT2D eigenvalue weighted by Gasteiger charge is 2.11. The fourth-order valence-electron chi connectivity index (χ4n) is 2.13. The highest BCUT2D eigenvalue weighted by atomic mass is 16.5. The molecular weight excluding hydrogens is 276 g/mol. The largest absolute Gasteiger partial charge is 0.497 e. The molecular formula is C19H20O3. The van der Waals surface area contributed by atoms with Crippen molar-refractivity contribution >= 4 is 11.9 Å². The van der Waals surface area contributed by atoms with Gasteiger partial charge in [-0.15, -0.1) is 0 Å². The molecule has 3 nitrogen and oxygen atoms in total. The third-order valence-corrected chi connectivity index (χ3v) is 3.49. The second-order valence-electron chi connectivity index (χ2n) is 4.86. The number of hydrogen-bond acceptors (Lipinski definition) is 3. The van der Waals surface area contributed by atoms with E-state index in [2.05, 4.69) is 19.1 Å². The molecule has 0 aliphatic carbocycles. The summed E-state index contributed by atoms with van der Waals surface area (Å²) in [5, 5.41) is 0. The number of aryl methyl sites for hydroxylation is 1. The molecule has 0 aliphatic heterocycles. The molecule has 0 bridgehead atoms. The average molecular weight is 296 g/mol. The molecule has 0 N–H and O–H groups in total. The summed E-state index contributed by atoms with van der Waals surface area (Å²) in [5.74, 6) is 1.05. The Labute approximate surface area is 131 Å². The Morgan fingerprint density at radius 1 is 1.05 bits per heavy atom. The van der Waals surface area contributed by atoms with E-state index in [0.717, 1.165) is 12.0 Å². The van der Waals surface area contributed by atoms with E-state index >= 15 is 0 Å². The van der Waals surface area contributed by atoms with Crippen LogP contribution >= 0.6 is 0 Å². The fourth-order valence-corrected chi connectivity index (χ4v) is 2.13. The molecule has 0 saturated heterocycles. The summed E-state index contributed by atoms with van der Waals surface area (Å²) in [6, 6.07) is 13.3. The van der Waals surface area contributed by atoms with Crippen molar-refractivity contribution < 1.29 is 14.3 Å². The number of carbonyl (C=O) groups excluding carboxylic acids is 1. The van der Waals surface area contributed by atoms with Gasteiger partial charge in [-0.05, 0) is 41.8 Å². The van der Waals surface area contributed by atoms with Crippen molar-refractivity contribution in [1.82, 2.24) is 0 Å². The van der Waals surface area contributed by atoms with Crippen molar-refractivity contribution in [3.8, 4) is 11.5 Å². The van der Waals surface area contributed by atoms with Crippen LogP contribution in [0.5, 0.6) is 11.5 Å². The third-order valence-electron chi connectivity index (χ3n) is 3.49. The quantitative estimate of drug-likeness (QED) is 0.593. The molecule has 0 aliphatic rings. The van der Waals surface area contributed by atoms with Gasteiger partial charge in [-0.1, -0.05) is 37.3 Å². The highest BCUT2D eigenvalue weighted by Crippen LogP contribution is 2.24. The molecule has 2 aromatic rings. The van der Waals surface area contributed by atoms with Crippen molar-refractivity contribution in [3.05, 3.63) is 65.2 Å². The predicted octanol–water partition coefficient (Wildman–Crippen LogP) is 4.16. The van der Waals surface area contributed by atoms with Gasteiger partial charge in [0.15, 0.2) is 5.78 Å². The number of ether oxygens (including phenoxy) is 2. The minimum Gasteiger partial charge on any atom is -0.497 e. The van der Waals surface area contributed by atoms with Gasteiger partial charge in [0.2, 0.25) is 0 Å². The van der Waals surface area contributed by atoms with Gasteiger partial charge in [0.1, 0.15) is 11.5 Å². The first-order chi connectivity index (χ1) is 10.7. The van der Waals surface area contributed by atoms with E-state index in [1.807, 2.05) is 12.1 Å². The van der Waals surface area contributed by atoms with E-state index in [1.165, 1.54) is 5.56 Å². The van der Waals surface area contributed by atoms with E-state index in [9.17, 15) is 4.79 Å². The molecule has 2 rings (SSSR count). The van der Waals surface area contributed by atoms with Gasteiger partial charge in [-0.3, -0.25) is 4.79 Å². The zero-order valence-electron chi connectivity index (χ0n) is 13.1. The molecule has 0 radical (unpaired) electrons. The molecule has 0 unspecified atom stereocenters. The van der Waals surface area contributed by atoms with Crippen LogP contribution < -0.4 is 9.47 Å². The number of hydrogen-bond donors (Lipinski definition) is 0. The molecule has 22 heavy (non-hydrogen) atoms. The lowest BCUT2D eigenvalue weighted by atomic mass is 10.1. The number of ketones is 1. The van der Waals surface area contributed by atoms with E-state index < -0.39 is 0 Å². The Morgan fingerprint density at radius 3 is 2.36 bits per heavy atom. The molecule has 0 heterocycles. The Bertz CT molecular complexity index is 670. The summed E-state index contributed by atoms with van der Waals surface area (Å²) in [7, 11) is 3.12. The molecule has 0 fully saturated rings. The lowest BCUT2D eigenvalue weighted by Crippen LogP contribution is -1.99. The predicted molar refractivity (Wildman–Crippen MR) is 88.7 cm³/mol. The van der Waals surface area contributed by atoms with Crippen LogP contribution in [0.15, 0.2) is 48.5 Å². The minimum absolute atomic E-state index is 0.115. The maximum atomic E-state index is 12.4. The van der Waals surface area contributed by atoms with Crippen LogP contribution in [-0.2, 0) is 6.42 Å². The van der Waals surface area contributed by atoms with Crippen molar-refractivity contribution in [2.24, 2.45) is 0 Å². The smallest absolute Gasteiger partial charge is 0.189 e. The van der Waals surface area contributed by atoms with Crippen molar-refractivity contribution in [1.29, 1.82) is 0 Å². The Balaban J connectivity index is 2.22. The summed E-state index contributed by atoms with van der Waals surface area (Å²) in [4.78, 5) is 12.4. The normalized spacial score (nSPS) is 10.7. The summed E-state index contributed by atoms with van der Waals surface area (Å²) < 4.78 is 10.4. The Morgan fingerprint density at radius 2 is 1.77 bits per heavy atom. The van der Waals surface area contributed by atoms with Crippen LogP contribution in [0.3, 0.4) is 0 Å². The van der Waals surface area contributed by atoms with E-state index in [0.29, 0.717) is 17.1 Å². The maximum Gasteiger partial charge on any atom is 0.189 e. The first-order valence-corrected chi connectivity index (χ1v) is 7.21. The Hall–Kier alpha value is -2.55. The van der Waals surface area contributed by atoms with Crippen LogP contribution in [0.25, 0.3) is 6.08 Å². The Kier molecular flexibility index (Phi) is 5.37. The molecule has 3 heteroatoms. The number of rotatable bonds is 6. The molecule has 114 valence electrons. The van der Waals surface area contributed by atoms with E-state index in [-0.39, 0.29) is 5.78 Å². The van der Waals surface area contributed by atoms with Crippen molar-refractivity contribution in [2.45, 2.75) is 13.3 Å². The highest BCUT2D eigenvalue weighted by molar-refractivity contribution is 6.08. The number of benzene rings is 2. The topological polar surface area (TPSA) is 35.5 Å². The second kappa shape index (κ2) is 7.46. The van der Waals surface area contributed by atoms with E-state index in [4.69, 9.17) is 9.47 Å². The SMILES string of the molecule is CCc1ccc(C=CC(=O)c2cc(OC)ccc2OC)cc1. The van der Waals surface area contributed by atoms with Gasteiger partial charge in [0.25, 0.3) is 0 Å². The molecule has 0 atom stereocenters. The lowest BCUT2D eigenvalue weighted by molar-refractivity contribution is 0.104. The van der Waals surface area contributed by atoms with Gasteiger partial charge >= 0.3 is 0 Å². The molecule has 2 aromatic carbocycles. The number of carbonyl (C=O) groups is 1. The summed E-state index contributed by atoms with van der Waals surface area (Å²) in [6.07, 6.45) is 4.36. The van der Waals surface area contributed by atoms with Crippen LogP contribution in [-0.4, -0.2) is 20.0 Å². The second-order valence-corrected chi connectivity index (χ2v) is 4.86. The first-order valence-electron chi connectivity index (χ1n) is 7.21. The van der Waals surface area contributed by atoms with Crippen LogP contribution in [0.2, 0.25) is 0 Å². The number of allylic oxidation sites excluding steroid dienone is 1. The van der Waals surface area contributed by atoms with Crippen LogP contribution in [0.1, 0.15) is 28.4 Å². The fraction of sp³-hybridized carbons (Fsp3) is 0.211. The average Bonchev–Trinajstić information content (AvgIpc) is 2.59.